The van der Waals surface area contributed by atoms with Crippen molar-refractivity contribution >= 4 is 44.2 Å². The van der Waals surface area contributed by atoms with Crippen molar-refractivity contribution in [3.05, 3.63) is 77.4 Å². The van der Waals surface area contributed by atoms with E-state index in [4.69, 9.17) is 10.5 Å². The molecule has 0 atom stereocenters. The summed E-state index contributed by atoms with van der Waals surface area (Å²) in [7, 11) is 0. The number of anilines is 2. The molecule has 0 unspecified atom stereocenters. The highest BCUT2D eigenvalue weighted by molar-refractivity contribution is 7.22. The summed E-state index contributed by atoms with van der Waals surface area (Å²) in [5, 5.41) is 16.4. The van der Waals surface area contributed by atoms with Crippen molar-refractivity contribution in [2.75, 3.05) is 10.6 Å². The average Bonchev–Trinajstić information content (AvgIpc) is 3.64. The van der Waals surface area contributed by atoms with Crippen LogP contribution in [0.4, 0.5) is 10.8 Å². The summed E-state index contributed by atoms with van der Waals surface area (Å²) in [5.41, 5.74) is 8.81. The number of nitrogens with zero attached hydrogens (tertiary/aromatic N) is 1. The highest BCUT2D eigenvalue weighted by atomic mass is 32.1. The molecule has 0 spiro atoms. The second-order valence-electron chi connectivity index (χ2n) is 9.72. The second kappa shape index (κ2) is 9.93. The Hall–Kier alpha value is -3.79. The molecule has 8 nitrogen and oxygen atoms in total. The first kappa shape index (κ1) is 24.9. The van der Waals surface area contributed by atoms with E-state index in [9.17, 15) is 14.7 Å². The lowest BCUT2D eigenvalue weighted by molar-refractivity contribution is -0.117. The van der Waals surface area contributed by atoms with Crippen LogP contribution in [0.5, 0.6) is 11.5 Å². The van der Waals surface area contributed by atoms with Gasteiger partial charge in [0.1, 0.15) is 11.5 Å². The third kappa shape index (κ3) is 5.64. The number of hydrogen-bond acceptors (Lipinski definition) is 7. The Morgan fingerprint density at radius 2 is 1.89 bits per heavy atom. The molecule has 2 amide bonds. The topological polar surface area (TPSA) is 127 Å². The molecule has 1 aromatic heterocycles. The van der Waals surface area contributed by atoms with Crippen LogP contribution in [-0.2, 0) is 16.9 Å². The second-order valence-corrected chi connectivity index (χ2v) is 10.7. The Bertz CT molecular complexity index is 1490. The van der Waals surface area contributed by atoms with E-state index < -0.39 is 5.54 Å². The summed E-state index contributed by atoms with van der Waals surface area (Å²) in [5.74, 6) is 0.771. The highest BCUT2D eigenvalue weighted by Gasteiger charge is 2.30. The molecular weight excluding hydrogens is 488 g/mol. The van der Waals surface area contributed by atoms with Crippen molar-refractivity contribution in [2.24, 2.45) is 11.7 Å². The van der Waals surface area contributed by atoms with Crippen LogP contribution in [0, 0.1) is 5.92 Å². The van der Waals surface area contributed by atoms with Crippen molar-refractivity contribution < 1.29 is 19.4 Å². The largest absolute Gasteiger partial charge is 0.457 e. The molecule has 4 aromatic rings. The molecule has 3 aromatic carbocycles. The highest BCUT2D eigenvalue weighted by Crippen LogP contribution is 2.38. The predicted molar refractivity (Wildman–Crippen MR) is 145 cm³/mol. The predicted octanol–water partition coefficient (Wildman–Crippen LogP) is 5.38. The lowest BCUT2D eigenvalue weighted by Crippen LogP contribution is -2.29. The van der Waals surface area contributed by atoms with E-state index >= 15 is 0 Å². The lowest BCUT2D eigenvalue weighted by Gasteiger charge is -2.19. The van der Waals surface area contributed by atoms with Crippen molar-refractivity contribution in [3.8, 4) is 11.5 Å². The van der Waals surface area contributed by atoms with Crippen LogP contribution in [0.25, 0.3) is 10.2 Å². The summed E-state index contributed by atoms with van der Waals surface area (Å²) in [6.07, 6.45) is 1.82. The van der Waals surface area contributed by atoms with Crippen LogP contribution in [0.2, 0.25) is 0 Å². The van der Waals surface area contributed by atoms with Gasteiger partial charge in [0.05, 0.1) is 16.8 Å². The standard InChI is InChI=1S/C28H28N4O4S/c1-28(2,29)18-6-3-5-17(13-18)26(35)30-19-7-4-8-20(14-19)36-23-12-11-22-24(21(23)15-33)37-27(31-22)32-25(34)16-9-10-16/h3-8,11-14,16,33H,9-10,15,29H2,1-2H3,(H,30,35)(H,31,32,34). The first-order chi connectivity index (χ1) is 17.7. The van der Waals surface area contributed by atoms with E-state index in [1.54, 1.807) is 48.5 Å². The molecule has 0 aliphatic heterocycles. The summed E-state index contributed by atoms with van der Waals surface area (Å²) in [6.45, 7) is 3.52. The lowest BCUT2D eigenvalue weighted by atomic mass is 9.94. The summed E-state index contributed by atoms with van der Waals surface area (Å²) in [6, 6.07) is 17.8. The number of benzene rings is 3. The van der Waals surface area contributed by atoms with Gasteiger partial charge in [-0.1, -0.05) is 29.5 Å². The molecule has 1 aliphatic rings. The number of amides is 2. The molecule has 1 fully saturated rings. The number of aliphatic hydroxyl groups excluding tert-OH is 1. The van der Waals surface area contributed by atoms with E-state index in [1.165, 1.54) is 11.3 Å². The molecule has 0 bridgehead atoms. The van der Waals surface area contributed by atoms with Crippen LogP contribution in [0.15, 0.2) is 60.7 Å². The maximum absolute atomic E-state index is 12.9. The SMILES string of the molecule is CC(C)(N)c1cccc(C(=O)Nc2cccc(Oc3ccc4nc(NC(=O)C5CC5)sc4c3CO)c2)c1. The number of hydrogen-bond donors (Lipinski definition) is 4. The van der Waals surface area contributed by atoms with Crippen LogP contribution in [0.1, 0.15) is 48.2 Å². The van der Waals surface area contributed by atoms with Crippen LogP contribution < -0.4 is 21.1 Å². The summed E-state index contributed by atoms with van der Waals surface area (Å²) >= 11 is 1.31. The molecule has 5 N–H and O–H groups in total. The quantitative estimate of drug-likeness (QED) is 0.249. The van der Waals surface area contributed by atoms with E-state index in [-0.39, 0.29) is 24.3 Å². The zero-order valence-corrected chi connectivity index (χ0v) is 21.4. The molecular formula is C28H28N4O4S. The van der Waals surface area contributed by atoms with E-state index in [1.807, 2.05) is 26.0 Å². The maximum atomic E-state index is 12.9. The summed E-state index contributed by atoms with van der Waals surface area (Å²) < 4.78 is 6.85. The van der Waals surface area contributed by atoms with Crippen molar-refractivity contribution in [1.29, 1.82) is 0 Å². The van der Waals surface area contributed by atoms with Gasteiger partial charge in [0.25, 0.3) is 5.91 Å². The van der Waals surface area contributed by atoms with Gasteiger partial charge in [-0.05, 0) is 68.7 Å². The number of aliphatic hydroxyl groups is 1. The van der Waals surface area contributed by atoms with Crippen LogP contribution >= 0.6 is 11.3 Å². The molecule has 1 heterocycles. The number of ether oxygens (including phenoxy) is 1. The first-order valence-corrected chi connectivity index (χ1v) is 12.9. The van der Waals surface area contributed by atoms with Crippen molar-refractivity contribution in [1.82, 2.24) is 4.98 Å². The number of rotatable bonds is 8. The van der Waals surface area contributed by atoms with Gasteiger partial charge in [0.15, 0.2) is 5.13 Å². The fourth-order valence-electron chi connectivity index (χ4n) is 3.91. The minimum Gasteiger partial charge on any atom is -0.457 e. The van der Waals surface area contributed by atoms with E-state index in [2.05, 4.69) is 15.6 Å². The molecule has 9 heteroatoms. The van der Waals surface area contributed by atoms with Gasteiger partial charge in [0.2, 0.25) is 5.91 Å². The Morgan fingerprint density at radius 1 is 1.11 bits per heavy atom. The van der Waals surface area contributed by atoms with Gasteiger partial charge in [-0.3, -0.25) is 9.59 Å². The number of thiazole rings is 1. The zero-order valence-electron chi connectivity index (χ0n) is 20.6. The third-order valence-corrected chi connectivity index (χ3v) is 7.19. The van der Waals surface area contributed by atoms with Crippen LogP contribution in [0.3, 0.4) is 0 Å². The first-order valence-electron chi connectivity index (χ1n) is 12.0. The molecule has 5 rings (SSSR count). The zero-order chi connectivity index (χ0) is 26.2. The minimum atomic E-state index is -0.558. The normalized spacial score (nSPS) is 13.4. The van der Waals surface area contributed by atoms with Gasteiger partial charge < -0.3 is 26.2 Å². The minimum absolute atomic E-state index is 0.0154. The van der Waals surface area contributed by atoms with Gasteiger partial charge in [0, 0.05) is 34.3 Å². The molecule has 1 saturated carbocycles. The van der Waals surface area contributed by atoms with Crippen molar-refractivity contribution in [2.45, 2.75) is 38.8 Å². The third-order valence-electron chi connectivity index (χ3n) is 6.14. The average molecular weight is 517 g/mol. The number of carbonyl (C=O) groups excluding carboxylic acids is 2. The van der Waals surface area contributed by atoms with Gasteiger partial charge in [-0.15, -0.1) is 0 Å². The molecule has 190 valence electrons. The summed E-state index contributed by atoms with van der Waals surface area (Å²) in [4.78, 5) is 29.5. The Balaban J connectivity index is 1.34. The van der Waals surface area contributed by atoms with Gasteiger partial charge in [-0.2, -0.15) is 0 Å². The van der Waals surface area contributed by atoms with Crippen LogP contribution in [-0.4, -0.2) is 21.9 Å². The molecule has 0 radical (unpaired) electrons. The van der Waals surface area contributed by atoms with E-state index in [0.29, 0.717) is 39.0 Å². The Morgan fingerprint density at radius 3 is 2.62 bits per heavy atom. The van der Waals surface area contributed by atoms with E-state index in [0.717, 1.165) is 23.1 Å². The number of aromatic nitrogens is 1. The van der Waals surface area contributed by atoms with Crippen molar-refractivity contribution in [3.63, 3.8) is 0 Å². The smallest absolute Gasteiger partial charge is 0.255 e. The fraction of sp³-hybridized carbons (Fsp3) is 0.250. The molecule has 1 aliphatic carbocycles. The number of nitrogens with one attached hydrogen (secondary N) is 2. The Labute approximate surface area is 218 Å². The fourth-order valence-corrected chi connectivity index (χ4v) is 4.90. The molecule has 37 heavy (non-hydrogen) atoms. The number of fused-ring (bicyclic) bond motifs is 1. The number of carbonyl (C=O) groups is 2. The number of nitrogens with two attached hydrogens (primary N) is 1. The van der Waals surface area contributed by atoms with Gasteiger partial charge in [-0.25, -0.2) is 4.98 Å². The molecule has 0 saturated heterocycles. The van der Waals surface area contributed by atoms with Gasteiger partial charge >= 0.3 is 0 Å². The monoisotopic (exact) mass is 516 g/mol. The Kier molecular flexibility index (Phi) is 6.68. The maximum Gasteiger partial charge on any atom is 0.255 e.